The number of halogens is 1. The van der Waals surface area contributed by atoms with Crippen molar-refractivity contribution in [3.05, 3.63) is 46.8 Å². The first-order chi connectivity index (χ1) is 15.1. The third-order valence-corrected chi connectivity index (χ3v) is 6.26. The summed E-state index contributed by atoms with van der Waals surface area (Å²) in [5.74, 6) is -1.11. The van der Waals surface area contributed by atoms with Gasteiger partial charge in [0.25, 0.3) is 11.8 Å². The van der Waals surface area contributed by atoms with Crippen LogP contribution in [0.4, 0.5) is 10.1 Å². The van der Waals surface area contributed by atoms with Gasteiger partial charge in [0.2, 0.25) is 0 Å². The molecule has 3 aromatic rings. The summed E-state index contributed by atoms with van der Waals surface area (Å²) in [5.41, 5.74) is 4.37. The molecule has 2 aliphatic heterocycles. The maximum absolute atomic E-state index is 13.8. The number of anilines is 1. The molecule has 2 aliphatic rings. The van der Waals surface area contributed by atoms with Crippen molar-refractivity contribution in [2.45, 2.75) is 45.4 Å². The van der Waals surface area contributed by atoms with Crippen LogP contribution in [-0.4, -0.2) is 30.1 Å². The molecule has 0 aliphatic carbocycles. The summed E-state index contributed by atoms with van der Waals surface area (Å²) in [4.78, 5) is 27.6. The molecule has 0 bridgehead atoms. The molecule has 1 fully saturated rings. The zero-order valence-electron chi connectivity index (χ0n) is 17.5. The number of rotatable bonds is 5. The highest BCUT2D eigenvalue weighted by Crippen LogP contribution is 2.43. The van der Waals surface area contributed by atoms with Crippen LogP contribution >= 0.6 is 0 Å². The van der Waals surface area contributed by atoms with Crippen molar-refractivity contribution in [1.29, 1.82) is 0 Å². The Bertz CT molecular complexity index is 1190. The zero-order chi connectivity index (χ0) is 21.5. The standard InChI is InChI=1S/C24H24FN3O3/c1-2-3-7-16-20-17(23(29)26-24(20)30)13-18(28-10-5-4-6-11-28)21(16)22-15-9-8-14(25)12-19(15)31-27-22/h8-9,12-13H,2-7,10-11H2,1H3,(H,26,29,30). The quantitative estimate of drug-likeness (QED) is 0.596. The van der Waals surface area contributed by atoms with Gasteiger partial charge in [0.1, 0.15) is 11.5 Å². The molecule has 0 spiro atoms. The van der Waals surface area contributed by atoms with E-state index in [-0.39, 0.29) is 11.8 Å². The monoisotopic (exact) mass is 421 g/mol. The Morgan fingerprint density at radius 3 is 2.68 bits per heavy atom. The number of piperidine rings is 1. The van der Waals surface area contributed by atoms with Gasteiger partial charge in [0, 0.05) is 35.8 Å². The van der Waals surface area contributed by atoms with Gasteiger partial charge in [-0.3, -0.25) is 14.9 Å². The molecule has 1 saturated heterocycles. The fourth-order valence-corrected chi connectivity index (χ4v) is 4.74. The minimum Gasteiger partial charge on any atom is -0.371 e. The second-order valence-electron chi connectivity index (χ2n) is 8.28. The minimum atomic E-state index is -0.392. The lowest BCUT2D eigenvalue weighted by Crippen LogP contribution is -2.30. The van der Waals surface area contributed by atoms with E-state index in [9.17, 15) is 14.0 Å². The summed E-state index contributed by atoms with van der Waals surface area (Å²) in [6, 6.07) is 6.20. The number of hydrogen-bond donors (Lipinski definition) is 1. The van der Waals surface area contributed by atoms with E-state index < -0.39 is 5.82 Å². The van der Waals surface area contributed by atoms with Crippen molar-refractivity contribution in [2.24, 2.45) is 0 Å². The summed E-state index contributed by atoms with van der Waals surface area (Å²) in [7, 11) is 0. The molecule has 7 heteroatoms. The first-order valence-corrected chi connectivity index (χ1v) is 10.9. The van der Waals surface area contributed by atoms with Crippen LogP contribution in [-0.2, 0) is 6.42 Å². The van der Waals surface area contributed by atoms with Gasteiger partial charge < -0.3 is 9.42 Å². The largest absolute Gasteiger partial charge is 0.371 e. The number of carbonyl (C=O) groups excluding carboxylic acids is 2. The summed E-state index contributed by atoms with van der Waals surface area (Å²) >= 11 is 0. The maximum atomic E-state index is 13.8. The van der Waals surface area contributed by atoms with Crippen LogP contribution < -0.4 is 10.2 Å². The molecule has 0 unspecified atom stereocenters. The SMILES string of the molecule is CCCCc1c2c(cc(N3CCCCC3)c1-c1noc3cc(F)ccc13)C(=O)NC2=O. The number of carbonyl (C=O) groups is 2. The first-order valence-electron chi connectivity index (χ1n) is 10.9. The number of benzene rings is 2. The fraction of sp³-hybridized carbons (Fsp3) is 0.375. The van der Waals surface area contributed by atoms with E-state index in [0.29, 0.717) is 34.2 Å². The Morgan fingerprint density at radius 1 is 1.10 bits per heavy atom. The molecule has 3 heterocycles. The van der Waals surface area contributed by atoms with Crippen LogP contribution in [0.5, 0.6) is 0 Å². The van der Waals surface area contributed by atoms with Gasteiger partial charge in [0.05, 0.1) is 11.1 Å². The summed E-state index contributed by atoms with van der Waals surface area (Å²) in [6.45, 7) is 3.84. The van der Waals surface area contributed by atoms with Gasteiger partial charge in [-0.25, -0.2) is 4.39 Å². The Kier molecular flexibility index (Phi) is 4.96. The van der Waals surface area contributed by atoms with Gasteiger partial charge in [-0.1, -0.05) is 18.5 Å². The third kappa shape index (κ3) is 3.28. The number of nitrogens with one attached hydrogen (secondary N) is 1. The smallest absolute Gasteiger partial charge is 0.259 e. The lowest BCUT2D eigenvalue weighted by atomic mass is 9.88. The minimum absolute atomic E-state index is 0.352. The summed E-state index contributed by atoms with van der Waals surface area (Å²) in [5, 5.41) is 7.47. The average Bonchev–Trinajstić information content (AvgIpc) is 3.31. The molecule has 1 N–H and O–H groups in total. The van der Waals surface area contributed by atoms with Gasteiger partial charge in [-0.15, -0.1) is 0 Å². The number of fused-ring (bicyclic) bond motifs is 2. The Labute approximate surface area is 179 Å². The van der Waals surface area contributed by atoms with Gasteiger partial charge in [-0.05, 0) is 55.9 Å². The molecule has 6 nitrogen and oxygen atoms in total. The Hall–Kier alpha value is -3.22. The Morgan fingerprint density at radius 2 is 1.90 bits per heavy atom. The molecule has 160 valence electrons. The van der Waals surface area contributed by atoms with Crippen LogP contribution in [0.15, 0.2) is 28.8 Å². The predicted molar refractivity (Wildman–Crippen MR) is 116 cm³/mol. The normalized spacial score (nSPS) is 16.1. The van der Waals surface area contributed by atoms with E-state index in [1.807, 2.05) is 6.07 Å². The molecule has 5 rings (SSSR count). The van der Waals surface area contributed by atoms with Gasteiger partial charge in [0.15, 0.2) is 5.58 Å². The molecule has 1 aromatic heterocycles. The van der Waals surface area contributed by atoms with Crippen LogP contribution in [0, 0.1) is 5.82 Å². The third-order valence-electron chi connectivity index (χ3n) is 6.26. The second kappa shape index (κ2) is 7.80. The van der Waals surface area contributed by atoms with E-state index >= 15 is 0 Å². The van der Waals surface area contributed by atoms with Crippen molar-refractivity contribution < 1.29 is 18.5 Å². The molecule has 0 saturated carbocycles. The Balaban J connectivity index is 1.82. The number of amides is 2. The zero-order valence-corrected chi connectivity index (χ0v) is 17.5. The number of unbranched alkanes of at least 4 members (excludes halogenated alkanes) is 1. The predicted octanol–water partition coefficient (Wildman–Crippen LogP) is 4.85. The second-order valence-corrected chi connectivity index (χ2v) is 8.28. The van der Waals surface area contributed by atoms with E-state index in [1.54, 1.807) is 6.07 Å². The van der Waals surface area contributed by atoms with E-state index in [0.717, 1.165) is 55.6 Å². The summed E-state index contributed by atoms with van der Waals surface area (Å²) in [6.07, 6.45) is 5.77. The fourth-order valence-electron chi connectivity index (χ4n) is 4.74. The molecular formula is C24H24FN3O3. The topological polar surface area (TPSA) is 75.4 Å². The number of aromatic nitrogens is 1. The molecule has 0 radical (unpaired) electrons. The number of imide groups is 1. The van der Waals surface area contributed by atoms with E-state index in [2.05, 4.69) is 22.3 Å². The number of hydrogen-bond acceptors (Lipinski definition) is 5. The molecule has 31 heavy (non-hydrogen) atoms. The van der Waals surface area contributed by atoms with Crippen molar-refractivity contribution in [3.63, 3.8) is 0 Å². The van der Waals surface area contributed by atoms with Crippen LogP contribution in [0.2, 0.25) is 0 Å². The number of nitrogens with zero attached hydrogens (tertiary/aromatic N) is 2. The van der Waals surface area contributed by atoms with Gasteiger partial charge >= 0.3 is 0 Å². The lowest BCUT2D eigenvalue weighted by Gasteiger charge is -2.32. The summed E-state index contributed by atoms with van der Waals surface area (Å²) < 4.78 is 19.2. The highest BCUT2D eigenvalue weighted by atomic mass is 19.1. The van der Waals surface area contributed by atoms with E-state index in [1.165, 1.54) is 18.6 Å². The first kappa shape index (κ1) is 19.7. The van der Waals surface area contributed by atoms with Gasteiger partial charge in [-0.2, -0.15) is 0 Å². The highest BCUT2D eigenvalue weighted by Gasteiger charge is 2.35. The molecule has 2 aromatic carbocycles. The van der Waals surface area contributed by atoms with Crippen LogP contribution in [0.3, 0.4) is 0 Å². The molecular weight excluding hydrogens is 397 g/mol. The van der Waals surface area contributed by atoms with Crippen LogP contribution in [0.1, 0.15) is 65.3 Å². The lowest BCUT2D eigenvalue weighted by molar-refractivity contribution is 0.0879. The molecule has 0 atom stereocenters. The highest BCUT2D eigenvalue weighted by molar-refractivity contribution is 6.23. The van der Waals surface area contributed by atoms with Crippen LogP contribution in [0.25, 0.3) is 22.2 Å². The van der Waals surface area contributed by atoms with E-state index in [4.69, 9.17) is 4.52 Å². The van der Waals surface area contributed by atoms with Crippen molar-refractivity contribution in [1.82, 2.24) is 10.5 Å². The average molecular weight is 421 g/mol. The van der Waals surface area contributed by atoms with Crippen molar-refractivity contribution in [2.75, 3.05) is 18.0 Å². The van der Waals surface area contributed by atoms with Crippen molar-refractivity contribution in [3.8, 4) is 11.3 Å². The maximum Gasteiger partial charge on any atom is 0.259 e. The van der Waals surface area contributed by atoms with Crippen molar-refractivity contribution >= 4 is 28.5 Å². The molecule has 2 amide bonds.